The Balaban J connectivity index is 1.42. The van der Waals surface area contributed by atoms with Gasteiger partial charge in [0, 0.05) is 51.2 Å². The Labute approximate surface area is 262 Å². The van der Waals surface area contributed by atoms with Crippen LogP contribution in [0.4, 0.5) is 13.6 Å². The molecule has 0 bridgehead atoms. The second-order valence-electron chi connectivity index (χ2n) is 10.7. The van der Waals surface area contributed by atoms with E-state index in [0.29, 0.717) is 30.7 Å². The van der Waals surface area contributed by atoms with Crippen molar-refractivity contribution < 1.29 is 28.2 Å². The van der Waals surface area contributed by atoms with E-state index >= 15 is 0 Å². The van der Waals surface area contributed by atoms with Crippen molar-refractivity contribution in [2.45, 2.75) is 44.5 Å². The summed E-state index contributed by atoms with van der Waals surface area (Å²) in [5.41, 5.74) is -1.70. The molecule has 2 atom stereocenters. The van der Waals surface area contributed by atoms with Gasteiger partial charge in [0.25, 0.3) is 5.91 Å². The lowest BCUT2D eigenvalue weighted by Gasteiger charge is -2.49. The van der Waals surface area contributed by atoms with Crippen LogP contribution in [0.1, 0.15) is 46.9 Å². The van der Waals surface area contributed by atoms with Crippen molar-refractivity contribution >= 4 is 33.8 Å². The first-order chi connectivity index (χ1) is 21.4. The molecule has 4 rings (SSSR count). The topological polar surface area (TPSA) is 163 Å². The van der Waals surface area contributed by atoms with Gasteiger partial charge in [-0.3, -0.25) is 25.7 Å². The Morgan fingerprint density at radius 1 is 1.22 bits per heavy atom. The van der Waals surface area contributed by atoms with E-state index in [9.17, 15) is 28.3 Å². The van der Waals surface area contributed by atoms with Gasteiger partial charge in [-0.15, -0.1) is 0 Å². The summed E-state index contributed by atoms with van der Waals surface area (Å²) >= 11 is 0.562. The number of rotatable bonds is 8. The Bertz CT molecular complexity index is 1670. The first-order valence-electron chi connectivity index (χ1n) is 14.0. The number of likely N-dealkylation sites (tertiary alicyclic amines) is 1. The molecule has 1 aromatic heterocycles. The molecule has 0 saturated carbocycles. The second-order valence-corrected chi connectivity index (χ2v) is 11.8. The molecule has 0 spiro atoms. The van der Waals surface area contributed by atoms with Crippen LogP contribution >= 0.6 is 11.8 Å². The van der Waals surface area contributed by atoms with Gasteiger partial charge in [0.15, 0.2) is 11.4 Å². The number of nitrogens with one attached hydrogen (secondary N) is 4. The fourth-order valence-corrected chi connectivity index (χ4v) is 6.00. The predicted molar refractivity (Wildman–Crippen MR) is 167 cm³/mol. The monoisotopic (exact) mass is 640 g/mol. The molecule has 1 fully saturated rings. The Kier molecular flexibility index (Phi) is 10.4. The first-order valence-corrected chi connectivity index (χ1v) is 14.9. The lowest BCUT2D eigenvalue weighted by Crippen LogP contribution is -2.65. The largest absolute Gasteiger partial charge is 0.503 e. The maximum atomic E-state index is 14.0. The summed E-state index contributed by atoms with van der Waals surface area (Å²) in [7, 11) is 3.20. The number of amides is 2. The molecule has 0 radical (unpaired) electrons. The zero-order valence-electron chi connectivity index (χ0n) is 24.9. The minimum atomic E-state index is -0.994. The smallest absolute Gasteiger partial charge is 0.410 e. The van der Waals surface area contributed by atoms with E-state index in [-0.39, 0.29) is 47.5 Å². The van der Waals surface area contributed by atoms with E-state index < -0.39 is 45.5 Å². The minimum absolute atomic E-state index is 0.0464. The molecule has 1 unspecified atom stereocenters. The molecule has 238 valence electrons. The van der Waals surface area contributed by atoms with Gasteiger partial charge in [-0.2, -0.15) is 0 Å². The molecule has 2 amide bonds. The van der Waals surface area contributed by atoms with Gasteiger partial charge in [0.2, 0.25) is 5.43 Å². The lowest BCUT2D eigenvalue weighted by molar-refractivity contribution is -0.00460. The quantitative estimate of drug-likeness (QED) is 0.138. The third-order valence-corrected chi connectivity index (χ3v) is 8.71. The number of thioether (sulfide) groups is 1. The van der Waals surface area contributed by atoms with Crippen LogP contribution in [0.2, 0.25) is 0 Å². The van der Waals surface area contributed by atoms with Crippen LogP contribution in [0.5, 0.6) is 5.75 Å². The van der Waals surface area contributed by atoms with Crippen molar-refractivity contribution in [2.75, 3.05) is 20.6 Å². The SMILES string of the molecule is CNC1(N(C)C(=O)c2[nH]cc(C(=N)SC(=N)Cc3ccc(F)cc3F)c(=O)c2O)CCN(C(=O)OCc2ccccc2)[C@H](C)C1. The Morgan fingerprint density at radius 2 is 1.93 bits per heavy atom. The van der Waals surface area contributed by atoms with Crippen LogP contribution in [-0.4, -0.2) is 74.3 Å². The van der Waals surface area contributed by atoms with E-state index in [4.69, 9.17) is 15.6 Å². The predicted octanol–water partition coefficient (Wildman–Crippen LogP) is 4.45. The number of halogens is 2. The highest BCUT2D eigenvalue weighted by atomic mass is 32.2. The van der Waals surface area contributed by atoms with Crippen LogP contribution in [0.25, 0.3) is 0 Å². The summed E-state index contributed by atoms with van der Waals surface area (Å²) in [6.07, 6.45) is 1.05. The maximum Gasteiger partial charge on any atom is 0.410 e. The van der Waals surface area contributed by atoms with Crippen LogP contribution in [0.15, 0.2) is 59.5 Å². The summed E-state index contributed by atoms with van der Waals surface area (Å²) in [5.74, 6) is -3.19. The normalized spacial score (nSPS) is 17.9. The third kappa shape index (κ3) is 7.40. The molecule has 5 N–H and O–H groups in total. The number of nitrogens with zero attached hydrogens (tertiary/aromatic N) is 2. The maximum absolute atomic E-state index is 14.0. The second kappa shape index (κ2) is 14.0. The van der Waals surface area contributed by atoms with Gasteiger partial charge in [-0.05, 0) is 31.2 Å². The molecular formula is C31H34F2N6O5S. The minimum Gasteiger partial charge on any atom is -0.503 e. The van der Waals surface area contributed by atoms with Crippen LogP contribution in [0, 0.1) is 22.5 Å². The highest BCUT2D eigenvalue weighted by molar-refractivity contribution is 8.26. The number of benzene rings is 2. The van der Waals surface area contributed by atoms with Crippen LogP contribution in [0.3, 0.4) is 0 Å². The summed E-state index contributed by atoms with van der Waals surface area (Å²) < 4.78 is 32.6. The van der Waals surface area contributed by atoms with E-state index in [2.05, 4.69) is 10.3 Å². The number of aromatic hydroxyl groups is 1. The number of piperidine rings is 1. The molecule has 14 heteroatoms. The number of carbonyl (C=O) groups excluding carboxylic acids is 2. The van der Waals surface area contributed by atoms with Gasteiger partial charge >= 0.3 is 6.09 Å². The van der Waals surface area contributed by atoms with Gasteiger partial charge in [0.05, 0.1) is 16.3 Å². The number of aromatic amines is 1. The van der Waals surface area contributed by atoms with Crippen molar-refractivity contribution in [3.05, 3.63) is 99.0 Å². The van der Waals surface area contributed by atoms with E-state index in [0.717, 1.165) is 17.8 Å². The van der Waals surface area contributed by atoms with Crippen LogP contribution < -0.4 is 10.7 Å². The van der Waals surface area contributed by atoms with Crippen molar-refractivity contribution in [2.24, 2.45) is 0 Å². The number of H-pyrrole nitrogens is 1. The first kappa shape index (κ1) is 33.3. The summed E-state index contributed by atoms with van der Waals surface area (Å²) in [6.45, 7) is 2.24. The number of carbonyl (C=O) groups is 2. The highest BCUT2D eigenvalue weighted by Crippen LogP contribution is 2.31. The van der Waals surface area contributed by atoms with Crippen molar-refractivity contribution in [3.63, 3.8) is 0 Å². The molecule has 45 heavy (non-hydrogen) atoms. The lowest BCUT2D eigenvalue weighted by atomic mass is 9.90. The molecule has 2 heterocycles. The molecule has 1 aliphatic heterocycles. The van der Waals surface area contributed by atoms with E-state index in [1.807, 2.05) is 37.3 Å². The summed E-state index contributed by atoms with van der Waals surface area (Å²) in [5, 5.41) is 29.7. The number of hydrogen-bond acceptors (Lipinski definition) is 9. The molecular weight excluding hydrogens is 606 g/mol. The highest BCUT2D eigenvalue weighted by Gasteiger charge is 2.44. The third-order valence-electron chi connectivity index (χ3n) is 7.89. The molecule has 1 aliphatic rings. The zero-order valence-corrected chi connectivity index (χ0v) is 25.8. The van der Waals surface area contributed by atoms with Crippen molar-refractivity contribution in [3.8, 4) is 5.75 Å². The van der Waals surface area contributed by atoms with Crippen molar-refractivity contribution in [1.29, 1.82) is 10.8 Å². The fraction of sp³-hybridized carbons (Fsp3) is 0.323. The number of pyridine rings is 1. The molecule has 0 aliphatic carbocycles. The number of hydrogen-bond donors (Lipinski definition) is 5. The van der Waals surface area contributed by atoms with Crippen molar-refractivity contribution in [1.82, 2.24) is 20.1 Å². The molecule has 11 nitrogen and oxygen atoms in total. The summed E-state index contributed by atoms with van der Waals surface area (Å²) in [6, 6.07) is 11.9. The number of aromatic nitrogens is 1. The Morgan fingerprint density at radius 3 is 2.58 bits per heavy atom. The molecule has 2 aromatic carbocycles. The summed E-state index contributed by atoms with van der Waals surface area (Å²) in [4.78, 5) is 45.0. The molecule has 3 aromatic rings. The Hall–Kier alpha value is -4.56. The fourth-order valence-electron chi connectivity index (χ4n) is 5.27. The van der Waals surface area contributed by atoms with Gasteiger partial charge in [-0.25, -0.2) is 13.6 Å². The average molecular weight is 641 g/mol. The molecule has 1 saturated heterocycles. The van der Waals surface area contributed by atoms with Crippen LogP contribution in [-0.2, 0) is 17.8 Å². The van der Waals surface area contributed by atoms with Gasteiger partial charge in [-0.1, -0.05) is 48.2 Å². The number of ether oxygens (including phenoxy) is 1. The standard InChI is InChI=1S/C31H34F2N6O5S/c1-18-15-31(36-2,11-12-39(18)30(43)44-17-19-7-5-4-6-8-19)38(3)29(42)25-27(41)26(40)22(16-37-25)28(35)45-24(34)13-20-9-10-21(32)14-23(20)33/h4-10,14,16,18,34-36,41H,11-13,15,17H2,1-3H3,(H,37,40)/t18-,31?/m1/s1. The zero-order chi connectivity index (χ0) is 32.9. The van der Waals surface area contributed by atoms with Gasteiger partial charge < -0.3 is 24.6 Å². The van der Waals surface area contributed by atoms with Gasteiger partial charge in [0.1, 0.15) is 23.3 Å². The van der Waals surface area contributed by atoms with E-state index in [1.165, 1.54) is 18.0 Å². The average Bonchev–Trinajstić information content (AvgIpc) is 3.02. The van der Waals surface area contributed by atoms with E-state index in [1.54, 1.807) is 11.9 Å².